The molecule has 2 heterocycles. The SMILES string of the molecule is CNc1cc(-c2cn[nH]c2-c2cccc(NS(=O)c3cc(F)ccc3F)c2)ccn1. The lowest BCUT2D eigenvalue weighted by atomic mass is 10.0. The summed E-state index contributed by atoms with van der Waals surface area (Å²) in [6.45, 7) is 0. The highest BCUT2D eigenvalue weighted by molar-refractivity contribution is 7.86. The van der Waals surface area contributed by atoms with E-state index in [0.717, 1.165) is 46.4 Å². The van der Waals surface area contributed by atoms with Crippen molar-refractivity contribution < 1.29 is 13.0 Å². The van der Waals surface area contributed by atoms with Gasteiger partial charge in [0, 0.05) is 30.1 Å². The number of benzene rings is 2. The fraction of sp³-hybridized carbons (Fsp3) is 0.0476. The Morgan fingerprint density at radius 2 is 1.90 bits per heavy atom. The first-order valence-electron chi connectivity index (χ1n) is 8.96. The van der Waals surface area contributed by atoms with Crippen molar-refractivity contribution >= 4 is 22.5 Å². The first-order valence-corrected chi connectivity index (χ1v) is 10.1. The molecule has 4 rings (SSSR count). The van der Waals surface area contributed by atoms with E-state index in [1.807, 2.05) is 18.2 Å². The van der Waals surface area contributed by atoms with Crippen LogP contribution in [-0.2, 0) is 11.0 Å². The highest BCUT2D eigenvalue weighted by Crippen LogP contribution is 2.32. The quantitative estimate of drug-likeness (QED) is 0.422. The van der Waals surface area contributed by atoms with Crippen molar-refractivity contribution in [1.29, 1.82) is 0 Å². The summed E-state index contributed by atoms with van der Waals surface area (Å²) < 4.78 is 42.5. The highest BCUT2D eigenvalue weighted by Gasteiger charge is 2.14. The van der Waals surface area contributed by atoms with Gasteiger partial charge >= 0.3 is 0 Å². The zero-order valence-corrected chi connectivity index (χ0v) is 16.6. The van der Waals surface area contributed by atoms with Crippen molar-refractivity contribution in [3.63, 3.8) is 0 Å². The van der Waals surface area contributed by atoms with E-state index in [2.05, 4.69) is 25.2 Å². The molecule has 9 heteroatoms. The van der Waals surface area contributed by atoms with Crippen LogP contribution in [-0.4, -0.2) is 26.4 Å². The maximum Gasteiger partial charge on any atom is 0.153 e. The molecule has 2 aromatic carbocycles. The van der Waals surface area contributed by atoms with Crippen molar-refractivity contribution in [1.82, 2.24) is 15.2 Å². The number of nitrogens with one attached hydrogen (secondary N) is 3. The molecule has 0 aliphatic carbocycles. The number of hydrogen-bond acceptors (Lipinski definition) is 4. The van der Waals surface area contributed by atoms with Gasteiger partial charge in [0.2, 0.25) is 0 Å². The summed E-state index contributed by atoms with van der Waals surface area (Å²) in [6.07, 6.45) is 3.41. The van der Waals surface area contributed by atoms with Gasteiger partial charge in [0.15, 0.2) is 11.0 Å². The van der Waals surface area contributed by atoms with Crippen LogP contribution < -0.4 is 10.0 Å². The molecule has 0 radical (unpaired) electrons. The molecular formula is C21H17F2N5OS. The van der Waals surface area contributed by atoms with E-state index in [4.69, 9.17) is 0 Å². The van der Waals surface area contributed by atoms with Crippen molar-refractivity contribution in [2.24, 2.45) is 0 Å². The summed E-state index contributed by atoms with van der Waals surface area (Å²) in [4.78, 5) is 3.97. The van der Waals surface area contributed by atoms with Crippen molar-refractivity contribution in [2.75, 3.05) is 17.1 Å². The van der Waals surface area contributed by atoms with Gasteiger partial charge in [-0.25, -0.2) is 18.0 Å². The maximum absolute atomic E-state index is 13.9. The molecule has 2 aromatic heterocycles. The summed E-state index contributed by atoms with van der Waals surface area (Å²) in [6, 6.07) is 13.7. The number of aromatic amines is 1. The number of hydrogen-bond donors (Lipinski definition) is 3. The van der Waals surface area contributed by atoms with Crippen LogP contribution in [0.5, 0.6) is 0 Å². The second kappa shape index (κ2) is 8.42. The van der Waals surface area contributed by atoms with Gasteiger partial charge in [-0.3, -0.25) is 5.10 Å². The number of H-pyrrole nitrogens is 1. The zero-order valence-electron chi connectivity index (χ0n) is 15.8. The van der Waals surface area contributed by atoms with Gasteiger partial charge in [-0.15, -0.1) is 0 Å². The second-order valence-corrected chi connectivity index (χ2v) is 7.55. The summed E-state index contributed by atoms with van der Waals surface area (Å²) in [5.74, 6) is -0.675. The lowest BCUT2D eigenvalue weighted by Gasteiger charge is -2.10. The molecule has 0 aliphatic heterocycles. The van der Waals surface area contributed by atoms with Gasteiger partial charge in [0.05, 0.1) is 16.8 Å². The normalized spacial score (nSPS) is 11.8. The van der Waals surface area contributed by atoms with E-state index >= 15 is 0 Å². The summed E-state index contributed by atoms with van der Waals surface area (Å²) in [7, 11) is -0.174. The molecule has 4 aromatic rings. The van der Waals surface area contributed by atoms with Crippen LogP contribution in [0.1, 0.15) is 0 Å². The summed E-state index contributed by atoms with van der Waals surface area (Å²) in [5.41, 5.74) is 3.81. The number of nitrogens with zero attached hydrogens (tertiary/aromatic N) is 2. The minimum Gasteiger partial charge on any atom is -0.373 e. The monoisotopic (exact) mass is 425 g/mol. The number of halogens is 2. The molecule has 1 atom stereocenters. The third kappa shape index (κ3) is 4.06. The first-order chi connectivity index (χ1) is 14.5. The predicted molar refractivity (Wildman–Crippen MR) is 113 cm³/mol. The van der Waals surface area contributed by atoms with Crippen LogP contribution in [0.15, 0.2) is 71.9 Å². The molecule has 30 heavy (non-hydrogen) atoms. The Morgan fingerprint density at radius 3 is 2.73 bits per heavy atom. The molecule has 152 valence electrons. The molecule has 0 aliphatic rings. The number of aromatic nitrogens is 3. The lowest BCUT2D eigenvalue weighted by molar-refractivity contribution is 0.572. The molecule has 0 amide bonds. The van der Waals surface area contributed by atoms with Gasteiger partial charge in [-0.2, -0.15) is 5.10 Å². The molecule has 6 nitrogen and oxygen atoms in total. The second-order valence-electron chi connectivity index (χ2n) is 6.36. The molecule has 3 N–H and O–H groups in total. The van der Waals surface area contributed by atoms with E-state index < -0.39 is 22.6 Å². The Morgan fingerprint density at radius 1 is 1.03 bits per heavy atom. The molecule has 0 saturated heterocycles. The Labute approximate surface area is 174 Å². The van der Waals surface area contributed by atoms with Crippen LogP contribution in [0.3, 0.4) is 0 Å². The first kappa shape index (κ1) is 19.7. The van der Waals surface area contributed by atoms with E-state index in [-0.39, 0.29) is 4.90 Å². The van der Waals surface area contributed by atoms with Gasteiger partial charge < -0.3 is 10.0 Å². The fourth-order valence-electron chi connectivity index (χ4n) is 2.98. The van der Waals surface area contributed by atoms with Crippen LogP contribution in [0.2, 0.25) is 0 Å². The zero-order chi connectivity index (χ0) is 21.1. The largest absolute Gasteiger partial charge is 0.373 e. The molecule has 0 spiro atoms. The maximum atomic E-state index is 13.9. The van der Waals surface area contributed by atoms with Crippen molar-refractivity contribution in [2.45, 2.75) is 4.90 Å². The Bertz CT molecular complexity index is 1230. The standard InChI is InChI=1S/C21H17F2N5OS/c1-24-20-10-13(7-8-25-20)17-12-26-27-21(17)14-3-2-4-16(9-14)28-30(29)19-11-15(22)5-6-18(19)23/h2-12,28H,1H3,(H,24,25)(H,26,27). The van der Waals surface area contributed by atoms with Crippen LogP contribution >= 0.6 is 0 Å². The Kier molecular flexibility index (Phi) is 5.53. The fourth-order valence-corrected chi connectivity index (χ4v) is 3.90. The topological polar surface area (TPSA) is 82.7 Å². The number of anilines is 2. The third-order valence-corrected chi connectivity index (χ3v) is 5.55. The molecule has 0 bridgehead atoms. The van der Waals surface area contributed by atoms with Gasteiger partial charge in [-0.1, -0.05) is 12.1 Å². The van der Waals surface area contributed by atoms with Crippen LogP contribution in [0.4, 0.5) is 20.3 Å². The Balaban J connectivity index is 1.64. The van der Waals surface area contributed by atoms with E-state index in [1.165, 1.54) is 0 Å². The minimum atomic E-state index is -1.96. The average Bonchev–Trinajstić information content (AvgIpc) is 3.25. The third-order valence-electron chi connectivity index (χ3n) is 4.42. The van der Waals surface area contributed by atoms with Crippen molar-refractivity contribution in [3.8, 4) is 22.4 Å². The van der Waals surface area contributed by atoms with Gasteiger partial charge in [0.1, 0.15) is 17.5 Å². The Hall–Kier alpha value is -3.59. The average molecular weight is 425 g/mol. The molecule has 1 unspecified atom stereocenters. The lowest BCUT2D eigenvalue weighted by Crippen LogP contribution is -2.07. The minimum absolute atomic E-state index is 0.251. The summed E-state index contributed by atoms with van der Waals surface area (Å²) in [5, 5.41) is 10.1. The van der Waals surface area contributed by atoms with E-state index in [1.54, 1.807) is 37.6 Å². The predicted octanol–water partition coefficient (Wildman–Crippen LogP) is 4.59. The number of pyridine rings is 1. The van der Waals surface area contributed by atoms with Crippen LogP contribution in [0.25, 0.3) is 22.4 Å². The van der Waals surface area contributed by atoms with E-state index in [9.17, 15) is 13.0 Å². The highest BCUT2D eigenvalue weighted by atomic mass is 32.2. The van der Waals surface area contributed by atoms with E-state index in [0.29, 0.717) is 5.69 Å². The van der Waals surface area contributed by atoms with Gasteiger partial charge in [-0.05, 0) is 48.0 Å². The summed E-state index contributed by atoms with van der Waals surface area (Å²) >= 11 is 0. The molecule has 0 fully saturated rings. The van der Waals surface area contributed by atoms with Crippen molar-refractivity contribution in [3.05, 3.63) is 78.6 Å². The number of rotatable bonds is 6. The van der Waals surface area contributed by atoms with Gasteiger partial charge in [0.25, 0.3) is 0 Å². The van der Waals surface area contributed by atoms with Crippen LogP contribution in [0, 0.1) is 11.6 Å². The smallest absolute Gasteiger partial charge is 0.153 e. The molecular weight excluding hydrogens is 408 g/mol. The molecule has 0 saturated carbocycles.